The van der Waals surface area contributed by atoms with Gasteiger partial charge in [0.1, 0.15) is 0 Å². The number of piperidine rings is 1. The molecule has 0 aromatic heterocycles. The van der Waals surface area contributed by atoms with Crippen molar-refractivity contribution < 1.29 is 19.1 Å². The summed E-state index contributed by atoms with van der Waals surface area (Å²) in [5.41, 5.74) is 1.20. The molecule has 154 valence electrons. The summed E-state index contributed by atoms with van der Waals surface area (Å²) in [4.78, 5) is 27.1. The molecule has 0 atom stereocenters. The zero-order valence-corrected chi connectivity index (χ0v) is 18.2. The molecule has 1 heterocycles. The van der Waals surface area contributed by atoms with Crippen LogP contribution < -0.4 is 14.8 Å². The number of likely N-dealkylation sites (tertiary alicyclic amines) is 1. The highest BCUT2D eigenvalue weighted by Crippen LogP contribution is 2.37. The van der Waals surface area contributed by atoms with E-state index in [4.69, 9.17) is 9.47 Å². The molecule has 0 unspecified atom stereocenters. The van der Waals surface area contributed by atoms with E-state index in [1.54, 1.807) is 31.4 Å². The van der Waals surface area contributed by atoms with E-state index in [1.165, 1.54) is 0 Å². The third kappa shape index (κ3) is 5.09. The van der Waals surface area contributed by atoms with Crippen molar-refractivity contribution in [2.24, 2.45) is 0 Å². The van der Waals surface area contributed by atoms with E-state index in [1.807, 2.05) is 30.0 Å². The summed E-state index contributed by atoms with van der Waals surface area (Å²) < 4.78 is 11.7. The minimum atomic E-state index is -0.0736. The normalized spacial score (nSPS) is 14.4. The number of rotatable bonds is 6. The average Bonchev–Trinajstić information content (AvgIpc) is 2.75. The van der Waals surface area contributed by atoms with E-state index in [0.29, 0.717) is 46.8 Å². The maximum absolute atomic E-state index is 13.0. The molecule has 0 aliphatic carbocycles. The highest BCUT2D eigenvalue weighted by Gasteiger charge is 2.26. The molecule has 0 bridgehead atoms. The average molecular weight is 461 g/mol. The molecule has 0 radical (unpaired) electrons. The first-order valence-corrected chi connectivity index (χ1v) is 10.5. The van der Waals surface area contributed by atoms with Crippen LogP contribution in [0.1, 0.15) is 40.5 Å². The highest BCUT2D eigenvalue weighted by atomic mass is 79.9. The molecule has 7 heteroatoms. The lowest BCUT2D eigenvalue weighted by atomic mass is 10.0. The van der Waals surface area contributed by atoms with Gasteiger partial charge in [-0.05, 0) is 60.0 Å². The Balaban J connectivity index is 1.61. The number of benzene rings is 2. The number of ether oxygens (including phenoxy) is 2. The minimum Gasteiger partial charge on any atom is -0.493 e. The van der Waals surface area contributed by atoms with Crippen molar-refractivity contribution in [2.75, 3.05) is 26.8 Å². The van der Waals surface area contributed by atoms with Crippen LogP contribution in [0.25, 0.3) is 0 Å². The van der Waals surface area contributed by atoms with Gasteiger partial charge in [-0.25, -0.2) is 0 Å². The zero-order valence-electron chi connectivity index (χ0n) is 16.6. The molecule has 1 aliphatic heterocycles. The number of carbonyl (C=O) groups is 2. The van der Waals surface area contributed by atoms with E-state index in [0.717, 1.165) is 12.8 Å². The molecule has 29 heavy (non-hydrogen) atoms. The van der Waals surface area contributed by atoms with Gasteiger partial charge in [-0.3, -0.25) is 9.59 Å². The Bertz CT molecular complexity index is 865. The second-order valence-corrected chi connectivity index (χ2v) is 7.68. The van der Waals surface area contributed by atoms with Crippen molar-refractivity contribution in [2.45, 2.75) is 25.8 Å². The number of halogens is 1. The van der Waals surface area contributed by atoms with E-state index in [2.05, 4.69) is 21.2 Å². The lowest BCUT2D eigenvalue weighted by Crippen LogP contribution is -2.46. The SMILES string of the molecule is CCOc1c(Br)cc(C(=O)N2CCC(NC(=O)c3ccccc3)CC2)cc1OC. The van der Waals surface area contributed by atoms with Gasteiger partial charge in [-0.15, -0.1) is 0 Å². The molecule has 6 nitrogen and oxygen atoms in total. The van der Waals surface area contributed by atoms with Gasteiger partial charge in [-0.1, -0.05) is 18.2 Å². The van der Waals surface area contributed by atoms with Gasteiger partial charge in [0.2, 0.25) is 0 Å². The number of nitrogens with zero attached hydrogens (tertiary/aromatic N) is 1. The lowest BCUT2D eigenvalue weighted by Gasteiger charge is -2.32. The number of hydrogen-bond donors (Lipinski definition) is 1. The first-order valence-electron chi connectivity index (χ1n) is 9.69. The Morgan fingerprint density at radius 3 is 2.45 bits per heavy atom. The van der Waals surface area contributed by atoms with Crippen molar-refractivity contribution in [1.29, 1.82) is 0 Å². The topological polar surface area (TPSA) is 67.9 Å². The van der Waals surface area contributed by atoms with Gasteiger partial charge in [-0.2, -0.15) is 0 Å². The summed E-state index contributed by atoms with van der Waals surface area (Å²) in [5.74, 6) is 0.985. The number of nitrogens with one attached hydrogen (secondary N) is 1. The van der Waals surface area contributed by atoms with Crippen LogP contribution in [-0.4, -0.2) is 49.6 Å². The molecule has 1 saturated heterocycles. The predicted octanol–water partition coefficient (Wildman–Crippen LogP) is 3.89. The van der Waals surface area contributed by atoms with Crippen molar-refractivity contribution >= 4 is 27.7 Å². The highest BCUT2D eigenvalue weighted by molar-refractivity contribution is 9.10. The lowest BCUT2D eigenvalue weighted by molar-refractivity contribution is 0.0697. The maximum atomic E-state index is 13.0. The fourth-order valence-electron chi connectivity index (χ4n) is 3.40. The third-order valence-corrected chi connectivity index (χ3v) is 5.51. The molecular formula is C22H25BrN2O4. The number of methoxy groups -OCH3 is 1. The zero-order chi connectivity index (χ0) is 20.8. The maximum Gasteiger partial charge on any atom is 0.254 e. The summed E-state index contributed by atoms with van der Waals surface area (Å²) >= 11 is 3.47. The van der Waals surface area contributed by atoms with Crippen molar-refractivity contribution in [1.82, 2.24) is 10.2 Å². The van der Waals surface area contributed by atoms with Gasteiger partial charge in [0.05, 0.1) is 18.2 Å². The van der Waals surface area contributed by atoms with Crippen molar-refractivity contribution in [3.63, 3.8) is 0 Å². The third-order valence-electron chi connectivity index (χ3n) is 4.92. The predicted molar refractivity (Wildman–Crippen MR) is 115 cm³/mol. The Kier molecular flexibility index (Phi) is 7.14. The Morgan fingerprint density at radius 2 is 1.83 bits per heavy atom. The molecule has 0 saturated carbocycles. The van der Waals surface area contributed by atoms with Crippen molar-refractivity contribution in [3.05, 3.63) is 58.1 Å². The van der Waals surface area contributed by atoms with Crippen LogP contribution in [0, 0.1) is 0 Å². The van der Waals surface area contributed by atoms with Gasteiger partial charge in [0, 0.05) is 30.3 Å². The molecule has 0 spiro atoms. The van der Waals surface area contributed by atoms with Gasteiger partial charge >= 0.3 is 0 Å². The minimum absolute atomic E-state index is 0.0557. The quantitative estimate of drug-likeness (QED) is 0.709. The standard InChI is InChI=1S/C22H25BrN2O4/c1-3-29-20-18(23)13-16(14-19(20)28-2)22(27)25-11-9-17(10-12-25)24-21(26)15-7-5-4-6-8-15/h4-8,13-14,17H,3,9-12H2,1-2H3,(H,24,26). The van der Waals surface area contributed by atoms with E-state index in [-0.39, 0.29) is 17.9 Å². The molecule has 2 aromatic carbocycles. The summed E-state index contributed by atoms with van der Waals surface area (Å²) in [6.07, 6.45) is 1.44. The summed E-state index contributed by atoms with van der Waals surface area (Å²) in [6.45, 7) is 3.58. The van der Waals surface area contributed by atoms with Crippen LogP contribution in [0.5, 0.6) is 11.5 Å². The fourth-order valence-corrected chi connectivity index (χ4v) is 3.95. The van der Waals surface area contributed by atoms with Crippen molar-refractivity contribution in [3.8, 4) is 11.5 Å². The first-order chi connectivity index (χ1) is 14.0. The molecule has 2 amide bonds. The molecule has 2 aromatic rings. The Labute approximate surface area is 179 Å². The monoisotopic (exact) mass is 460 g/mol. The van der Waals surface area contributed by atoms with Crippen LogP contribution >= 0.6 is 15.9 Å². The van der Waals surface area contributed by atoms with Crippen LogP contribution in [0.15, 0.2) is 46.9 Å². The van der Waals surface area contributed by atoms with E-state index >= 15 is 0 Å². The molecule has 1 fully saturated rings. The fraction of sp³-hybridized carbons (Fsp3) is 0.364. The summed E-state index contributed by atoms with van der Waals surface area (Å²) in [5, 5.41) is 3.06. The van der Waals surface area contributed by atoms with Gasteiger partial charge in [0.15, 0.2) is 11.5 Å². The van der Waals surface area contributed by atoms with Crippen LogP contribution in [0.4, 0.5) is 0 Å². The number of carbonyl (C=O) groups excluding carboxylic acids is 2. The molecule has 1 aliphatic rings. The van der Waals surface area contributed by atoms with Gasteiger partial charge in [0.25, 0.3) is 11.8 Å². The molecule has 3 rings (SSSR count). The van der Waals surface area contributed by atoms with Gasteiger partial charge < -0.3 is 19.7 Å². The number of hydrogen-bond acceptors (Lipinski definition) is 4. The summed E-state index contributed by atoms with van der Waals surface area (Å²) in [6, 6.07) is 12.7. The smallest absolute Gasteiger partial charge is 0.254 e. The second-order valence-electron chi connectivity index (χ2n) is 6.83. The number of amides is 2. The summed E-state index contributed by atoms with van der Waals surface area (Å²) in [7, 11) is 1.56. The Hall–Kier alpha value is -2.54. The van der Waals surface area contributed by atoms with E-state index < -0.39 is 0 Å². The Morgan fingerprint density at radius 1 is 1.14 bits per heavy atom. The molecular weight excluding hydrogens is 436 g/mol. The molecule has 1 N–H and O–H groups in total. The largest absolute Gasteiger partial charge is 0.493 e. The van der Waals surface area contributed by atoms with Crippen LogP contribution in [0.3, 0.4) is 0 Å². The van der Waals surface area contributed by atoms with Crippen LogP contribution in [0.2, 0.25) is 0 Å². The van der Waals surface area contributed by atoms with Crippen LogP contribution in [-0.2, 0) is 0 Å². The first kappa shape index (κ1) is 21.2. The second kappa shape index (κ2) is 9.78. The van der Waals surface area contributed by atoms with E-state index in [9.17, 15) is 9.59 Å².